The Bertz CT molecular complexity index is 1570. The Labute approximate surface area is 244 Å². The summed E-state index contributed by atoms with van der Waals surface area (Å²) in [5.41, 5.74) is 1.89. The number of fused-ring (bicyclic) bond motifs is 1. The van der Waals surface area contributed by atoms with E-state index in [2.05, 4.69) is 10.6 Å². The van der Waals surface area contributed by atoms with Crippen molar-refractivity contribution in [2.45, 2.75) is 39.3 Å². The van der Waals surface area contributed by atoms with E-state index in [0.29, 0.717) is 16.9 Å². The minimum atomic E-state index is -1.24. The van der Waals surface area contributed by atoms with Gasteiger partial charge in [0.05, 0.1) is 12.3 Å². The minimum Gasteiger partial charge on any atom is -0.491 e. The van der Waals surface area contributed by atoms with Gasteiger partial charge in [-0.3, -0.25) is 9.59 Å². The number of nitrogens with one attached hydrogen (secondary N) is 2. The summed E-state index contributed by atoms with van der Waals surface area (Å²) in [6.45, 7) is 5.72. The molecule has 1 heterocycles. The fourth-order valence-electron chi connectivity index (χ4n) is 4.76. The van der Waals surface area contributed by atoms with Gasteiger partial charge in [0.2, 0.25) is 5.91 Å². The molecule has 42 heavy (non-hydrogen) atoms. The lowest BCUT2D eigenvalue weighted by molar-refractivity contribution is -0.134. The second kappa shape index (κ2) is 13.7. The predicted molar refractivity (Wildman–Crippen MR) is 160 cm³/mol. The number of aliphatic hydroxyl groups is 1. The number of nitrogens with zero attached hydrogens (tertiary/aromatic N) is 1. The number of aliphatic hydroxyl groups excluding tert-OH is 1. The monoisotopic (exact) mass is 571 g/mol. The molecule has 0 aliphatic carbocycles. The molecule has 2 atom stereocenters. The number of urea groups is 1. The van der Waals surface area contributed by atoms with E-state index in [-0.39, 0.29) is 25.3 Å². The van der Waals surface area contributed by atoms with Crippen LogP contribution in [0.3, 0.4) is 0 Å². The molecule has 1 aliphatic rings. The zero-order chi connectivity index (χ0) is 30.2. The molecule has 4 amide bonds. The van der Waals surface area contributed by atoms with Crippen molar-refractivity contribution in [3.05, 3.63) is 107 Å². The number of carbonyl (C=O) groups is 3. The third-order valence-corrected chi connectivity index (χ3v) is 6.78. The first-order valence-electron chi connectivity index (χ1n) is 13.9. The molecule has 218 valence electrons. The first kappa shape index (κ1) is 30.2. The van der Waals surface area contributed by atoms with Crippen molar-refractivity contribution in [3.8, 4) is 5.75 Å². The summed E-state index contributed by atoms with van der Waals surface area (Å²) in [5, 5.41) is 16.1. The van der Waals surface area contributed by atoms with E-state index in [1.54, 1.807) is 37.3 Å². The van der Waals surface area contributed by atoms with E-state index in [1.807, 2.05) is 56.3 Å². The molecule has 0 spiro atoms. The summed E-state index contributed by atoms with van der Waals surface area (Å²) in [7, 11) is 0. The Morgan fingerprint density at radius 3 is 2.40 bits per heavy atom. The third kappa shape index (κ3) is 6.75. The molecule has 1 unspecified atom stereocenters. The zero-order valence-corrected chi connectivity index (χ0v) is 23.8. The van der Waals surface area contributed by atoms with Crippen LogP contribution in [-0.4, -0.2) is 47.1 Å². The smallest absolute Gasteiger partial charge is 0.325 e. The van der Waals surface area contributed by atoms with Crippen molar-refractivity contribution in [1.82, 2.24) is 10.2 Å². The molecule has 5 rings (SSSR count). The number of amides is 4. The molecule has 0 aromatic heterocycles. The van der Waals surface area contributed by atoms with Crippen LogP contribution in [0.4, 0.5) is 14.9 Å². The highest BCUT2D eigenvalue weighted by molar-refractivity contribution is 6.09. The summed E-state index contributed by atoms with van der Waals surface area (Å²) < 4.78 is 20.0. The summed E-state index contributed by atoms with van der Waals surface area (Å²) in [5.74, 6) is -1.40. The molecule has 8 nitrogen and oxygen atoms in total. The van der Waals surface area contributed by atoms with Crippen molar-refractivity contribution in [3.63, 3.8) is 0 Å². The molecule has 0 saturated carbocycles. The van der Waals surface area contributed by atoms with Crippen molar-refractivity contribution in [1.29, 1.82) is 0 Å². The van der Waals surface area contributed by atoms with Crippen molar-refractivity contribution in [2.75, 3.05) is 18.5 Å². The number of benzene rings is 4. The van der Waals surface area contributed by atoms with Gasteiger partial charge in [0.25, 0.3) is 5.91 Å². The third-order valence-electron chi connectivity index (χ3n) is 6.78. The molecule has 4 aromatic carbocycles. The van der Waals surface area contributed by atoms with Gasteiger partial charge in [0.15, 0.2) is 0 Å². The molecule has 4 aromatic rings. The van der Waals surface area contributed by atoms with Gasteiger partial charge < -0.3 is 20.5 Å². The average Bonchev–Trinajstić information content (AvgIpc) is 3.30. The Morgan fingerprint density at radius 2 is 1.71 bits per heavy atom. The average molecular weight is 572 g/mol. The summed E-state index contributed by atoms with van der Waals surface area (Å²) >= 11 is 0. The van der Waals surface area contributed by atoms with Crippen LogP contribution >= 0.6 is 0 Å². The predicted octanol–water partition coefficient (Wildman–Crippen LogP) is 5.53. The van der Waals surface area contributed by atoms with Crippen LogP contribution in [0.15, 0.2) is 84.9 Å². The van der Waals surface area contributed by atoms with E-state index in [4.69, 9.17) is 9.84 Å². The SMILES string of the molecule is CC.Cc1ccc(NC(=O)C(Cc2ccc3ccccc3c2)N2C(=O)N[C@H](c3ccc(OCCO)cc3)C2=O)c(F)c1. The molecular weight excluding hydrogens is 537 g/mol. The molecule has 1 fully saturated rings. The second-order valence-electron chi connectivity index (χ2n) is 9.61. The number of rotatable bonds is 9. The first-order chi connectivity index (χ1) is 20.3. The number of anilines is 1. The lowest BCUT2D eigenvalue weighted by Crippen LogP contribution is -2.49. The number of halogens is 1. The van der Waals surface area contributed by atoms with Gasteiger partial charge in [-0.1, -0.05) is 74.5 Å². The van der Waals surface area contributed by atoms with Gasteiger partial charge in [-0.15, -0.1) is 0 Å². The lowest BCUT2D eigenvalue weighted by Gasteiger charge is -2.25. The molecule has 9 heteroatoms. The van der Waals surface area contributed by atoms with Crippen LogP contribution in [-0.2, 0) is 16.0 Å². The van der Waals surface area contributed by atoms with Gasteiger partial charge in [-0.05, 0) is 58.7 Å². The van der Waals surface area contributed by atoms with E-state index in [9.17, 15) is 18.8 Å². The number of carbonyl (C=O) groups excluding carboxylic acids is 3. The number of hydrogen-bond acceptors (Lipinski definition) is 5. The topological polar surface area (TPSA) is 108 Å². The maximum atomic E-state index is 14.6. The maximum absolute atomic E-state index is 14.6. The van der Waals surface area contributed by atoms with Gasteiger partial charge in [0.1, 0.15) is 30.3 Å². The molecule has 3 N–H and O–H groups in total. The second-order valence-corrected chi connectivity index (χ2v) is 9.61. The maximum Gasteiger partial charge on any atom is 0.325 e. The Morgan fingerprint density at radius 1 is 1.00 bits per heavy atom. The Kier molecular flexibility index (Phi) is 9.88. The quantitative estimate of drug-likeness (QED) is 0.229. The number of imide groups is 1. The van der Waals surface area contributed by atoms with Crippen LogP contribution in [0, 0.1) is 12.7 Å². The van der Waals surface area contributed by atoms with E-state index in [0.717, 1.165) is 21.2 Å². The highest BCUT2D eigenvalue weighted by atomic mass is 19.1. The highest BCUT2D eigenvalue weighted by Gasteiger charge is 2.45. The Balaban J connectivity index is 0.00000198. The van der Waals surface area contributed by atoms with Crippen LogP contribution in [0.5, 0.6) is 5.75 Å². The van der Waals surface area contributed by atoms with Crippen LogP contribution in [0.1, 0.15) is 36.6 Å². The Hall–Kier alpha value is -4.76. The zero-order valence-electron chi connectivity index (χ0n) is 23.8. The van der Waals surface area contributed by atoms with Crippen LogP contribution in [0.2, 0.25) is 0 Å². The summed E-state index contributed by atoms with van der Waals surface area (Å²) in [6.07, 6.45) is 0.0317. The minimum absolute atomic E-state index is 0.0317. The van der Waals surface area contributed by atoms with E-state index >= 15 is 0 Å². The number of hydrogen-bond donors (Lipinski definition) is 3. The molecular formula is C33H34FN3O5. The molecule has 1 aliphatic heterocycles. The largest absolute Gasteiger partial charge is 0.491 e. The number of aryl methyl sites for hydroxylation is 1. The molecule has 1 saturated heterocycles. The van der Waals surface area contributed by atoms with Gasteiger partial charge in [0, 0.05) is 6.42 Å². The fourth-order valence-corrected chi connectivity index (χ4v) is 4.76. The first-order valence-corrected chi connectivity index (χ1v) is 13.9. The molecule has 0 radical (unpaired) electrons. The van der Waals surface area contributed by atoms with Crippen molar-refractivity contribution >= 4 is 34.3 Å². The normalized spacial score (nSPS) is 15.1. The van der Waals surface area contributed by atoms with Gasteiger partial charge in [-0.2, -0.15) is 0 Å². The standard InChI is InChI=1S/C31H28FN3O5.C2H6/c1-19-6-13-26(25(32)16-19)33-29(37)27(18-20-7-8-21-4-2-3-5-23(21)17-20)35-30(38)28(34-31(35)39)22-9-11-24(12-10-22)40-15-14-36;1-2/h2-13,16-17,27-28,36H,14-15,18H2,1H3,(H,33,37)(H,34,39);1-2H3/t27?,28-;/m1./s1. The van der Waals surface area contributed by atoms with Crippen LogP contribution in [0.25, 0.3) is 10.8 Å². The fraction of sp³-hybridized carbons (Fsp3) is 0.242. The van der Waals surface area contributed by atoms with Crippen molar-refractivity contribution in [2.24, 2.45) is 0 Å². The molecule has 0 bridgehead atoms. The van der Waals surface area contributed by atoms with Gasteiger partial charge in [-0.25, -0.2) is 14.1 Å². The summed E-state index contributed by atoms with van der Waals surface area (Å²) in [4.78, 5) is 41.3. The van der Waals surface area contributed by atoms with Gasteiger partial charge >= 0.3 is 6.03 Å². The lowest BCUT2D eigenvalue weighted by atomic mass is 9.99. The van der Waals surface area contributed by atoms with Crippen LogP contribution < -0.4 is 15.4 Å². The van der Waals surface area contributed by atoms with Crippen molar-refractivity contribution < 1.29 is 28.6 Å². The van der Waals surface area contributed by atoms with E-state index in [1.165, 1.54) is 12.1 Å². The highest BCUT2D eigenvalue weighted by Crippen LogP contribution is 2.28. The summed E-state index contributed by atoms with van der Waals surface area (Å²) in [6, 6.07) is 21.4. The van der Waals surface area contributed by atoms with E-state index < -0.39 is 35.7 Å². The number of ether oxygens (including phenoxy) is 1.